The number of carboxylic acids is 1. The minimum Gasteiger partial charge on any atom is -0.478 e. The van der Waals surface area contributed by atoms with Gasteiger partial charge in [-0.1, -0.05) is 28.8 Å². The van der Waals surface area contributed by atoms with Gasteiger partial charge in [0.2, 0.25) is 0 Å². The Morgan fingerprint density at radius 2 is 2.06 bits per heavy atom. The molecule has 0 amide bonds. The summed E-state index contributed by atoms with van der Waals surface area (Å²) in [4.78, 5) is 13.4. The number of carbonyl (C=O) groups is 1. The Balaban J connectivity index is 2.32. The SMILES string of the molecule is CCN(c1cc(Br)cc(C(=O)O)c1)C1CCCC1. The first-order chi connectivity index (χ1) is 8.61. The first-order valence-corrected chi connectivity index (χ1v) is 7.21. The van der Waals surface area contributed by atoms with E-state index in [1.54, 1.807) is 12.1 Å². The van der Waals surface area contributed by atoms with Crippen molar-refractivity contribution in [2.24, 2.45) is 0 Å². The van der Waals surface area contributed by atoms with Crippen LogP contribution < -0.4 is 4.90 Å². The van der Waals surface area contributed by atoms with Gasteiger partial charge < -0.3 is 10.0 Å². The lowest BCUT2D eigenvalue weighted by Crippen LogP contribution is -2.33. The first-order valence-electron chi connectivity index (χ1n) is 6.42. The summed E-state index contributed by atoms with van der Waals surface area (Å²) < 4.78 is 0.828. The van der Waals surface area contributed by atoms with E-state index < -0.39 is 5.97 Å². The van der Waals surface area contributed by atoms with Crippen molar-refractivity contribution in [2.45, 2.75) is 38.6 Å². The molecular weight excluding hydrogens is 294 g/mol. The second kappa shape index (κ2) is 5.74. The second-order valence-corrected chi connectivity index (χ2v) is 5.64. The molecule has 1 saturated carbocycles. The summed E-state index contributed by atoms with van der Waals surface area (Å²) in [6.45, 7) is 3.04. The van der Waals surface area contributed by atoms with Gasteiger partial charge in [-0.05, 0) is 38.0 Å². The highest BCUT2D eigenvalue weighted by Gasteiger charge is 2.22. The fourth-order valence-electron chi connectivity index (χ4n) is 2.73. The molecule has 0 spiro atoms. The summed E-state index contributed by atoms with van der Waals surface area (Å²) in [6, 6.07) is 5.99. The maximum Gasteiger partial charge on any atom is 0.335 e. The van der Waals surface area contributed by atoms with Gasteiger partial charge in [0.05, 0.1) is 5.56 Å². The molecule has 18 heavy (non-hydrogen) atoms. The van der Waals surface area contributed by atoms with Gasteiger partial charge in [0.1, 0.15) is 0 Å². The number of anilines is 1. The maximum absolute atomic E-state index is 11.1. The van der Waals surface area contributed by atoms with E-state index in [0.29, 0.717) is 11.6 Å². The molecule has 0 aliphatic heterocycles. The van der Waals surface area contributed by atoms with Gasteiger partial charge in [-0.25, -0.2) is 4.79 Å². The van der Waals surface area contributed by atoms with Crippen molar-refractivity contribution in [1.82, 2.24) is 0 Å². The molecular formula is C14H18BrNO2. The van der Waals surface area contributed by atoms with Crippen molar-refractivity contribution in [1.29, 1.82) is 0 Å². The third-order valence-corrected chi connectivity index (χ3v) is 4.03. The molecule has 1 aromatic rings. The number of nitrogens with zero attached hydrogens (tertiary/aromatic N) is 1. The minimum atomic E-state index is -0.875. The molecule has 1 aromatic carbocycles. The van der Waals surface area contributed by atoms with E-state index in [1.165, 1.54) is 25.7 Å². The molecule has 0 radical (unpaired) electrons. The summed E-state index contributed by atoms with van der Waals surface area (Å²) in [7, 11) is 0. The van der Waals surface area contributed by atoms with Gasteiger partial charge in [0.25, 0.3) is 0 Å². The summed E-state index contributed by atoms with van der Waals surface area (Å²) in [5.74, 6) is -0.875. The quantitative estimate of drug-likeness (QED) is 0.916. The van der Waals surface area contributed by atoms with Crippen LogP contribution in [0.3, 0.4) is 0 Å². The van der Waals surface area contributed by atoms with Crippen LogP contribution in [0.2, 0.25) is 0 Å². The molecule has 1 aliphatic rings. The third-order valence-electron chi connectivity index (χ3n) is 3.57. The fourth-order valence-corrected chi connectivity index (χ4v) is 3.21. The lowest BCUT2D eigenvalue weighted by molar-refractivity contribution is 0.0697. The molecule has 4 heteroatoms. The Morgan fingerprint density at radius 1 is 1.39 bits per heavy atom. The molecule has 98 valence electrons. The van der Waals surface area contributed by atoms with Gasteiger partial charge in [-0.15, -0.1) is 0 Å². The van der Waals surface area contributed by atoms with E-state index in [9.17, 15) is 4.79 Å². The number of rotatable bonds is 4. The van der Waals surface area contributed by atoms with Crippen molar-refractivity contribution < 1.29 is 9.90 Å². The van der Waals surface area contributed by atoms with Crippen LogP contribution in [0.5, 0.6) is 0 Å². The Bertz CT molecular complexity index is 441. The Labute approximate surface area is 116 Å². The molecule has 0 atom stereocenters. The number of hydrogen-bond donors (Lipinski definition) is 1. The molecule has 1 fully saturated rings. The Morgan fingerprint density at radius 3 is 2.61 bits per heavy atom. The van der Waals surface area contributed by atoms with E-state index in [0.717, 1.165) is 16.7 Å². The van der Waals surface area contributed by atoms with Crippen LogP contribution in [-0.2, 0) is 0 Å². The van der Waals surface area contributed by atoms with Gasteiger partial charge >= 0.3 is 5.97 Å². The molecule has 0 saturated heterocycles. The molecule has 2 rings (SSSR count). The lowest BCUT2D eigenvalue weighted by Gasteiger charge is -2.30. The molecule has 1 N–H and O–H groups in total. The highest BCUT2D eigenvalue weighted by Crippen LogP contribution is 2.30. The predicted molar refractivity (Wildman–Crippen MR) is 76.4 cm³/mol. The van der Waals surface area contributed by atoms with E-state index in [-0.39, 0.29) is 0 Å². The van der Waals surface area contributed by atoms with Crippen LogP contribution in [-0.4, -0.2) is 23.7 Å². The van der Waals surface area contributed by atoms with Crippen molar-refractivity contribution >= 4 is 27.6 Å². The van der Waals surface area contributed by atoms with E-state index in [2.05, 4.69) is 27.8 Å². The summed E-state index contributed by atoms with van der Waals surface area (Å²) in [5, 5.41) is 9.11. The van der Waals surface area contributed by atoms with Crippen LogP contribution in [0.1, 0.15) is 43.0 Å². The zero-order valence-electron chi connectivity index (χ0n) is 10.5. The van der Waals surface area contributed by atoms with Crippen LogP contribution >= 0.6 is 15.9 Å². The standard InChI is InChI=1S/C14H18BrNO2/c1-2-16(12-5-3-4-6-12)13-8-10(14(17)18)7-11(15)9-13/h7-9,12H,2-6H2,1H3,(H,17,18). The molecule has 0 unspecified atom stereocenters. The molecule has 0 aromatic heterocycles. The highest BCUT2D eigenvalue weighted by atomic mass is 79.9. The number of carboxylic acid groups (broad SMARTS) is 1. The number of aromatic carboxylic acids is 1. The van der Waals surface area contributed by atoms with Crippen molar-refractivity contribution in [3.05, 3.63) is 28.2 Å². The third kappa shape index (κ3) is 2.86. The monoisotopic (exact) mass is 311 g/mol. The highest BCUT2D eigenvalue weighted by molar-refractivity contribution is 9.10. The van der Waals surface area contributed by atoms with Crippen molar-refractivity contribution in [3.8, 4) is 0 Å². The second-order valence-electron chi connectivity index (χ2n) is 4.73. The summed E-state index contributed by atoms with van der Waals surface area (Å²) >= 11 is 3.40. The summed E-state index contributed by atoms with van der Waals surface area (Å²) in [6.07, 6.45) is 4.98. The smallest absolute Gasteiger partial charge is 0.335 e. The lowest BCUT2D eigenvalue weighted by atomic mass is 10.1. The van der Waals surface area contributed by atoms with E-state index in [4.69, 9.17) is 5.11 Å². The average molecular weight is 312 g/mol. The minimum absolute atomic E-state index is 0.343. The van der Waals surface area contributed by atoms with Crippen LogP contribution in [0, 0.1) is 0 Å². The van der Waals surface area contributed by atoms with Gasteiger partial charge in [0.15, 0.2) is 0 Å². The Hall–Kier alpha value is -1.03. The predicted octanol–water partition coefficient (Wildman–Crippen LogP) is 3.92. The fraction of sp³-hybridized carbons (Fsp3) is 0.500. The molecule has 0 bridgehead atoms. The maximum atomic E-state index is 11.1. The van der Waals surface area contributed by atoms with Gasteiger partial charge in [-0.3, -0.25) is 0 Å². The van der Waals surface area contributed by atoms with Crippen molar-refractivity contribution in [2.75, 3.05) is 11.4 Å². The van der Waals surface area contributed by atoms with E-state index >= 15 is 0 Å². The number of halogens is 1. The molecule has 1 aliphatic carbocycles. The zero-order valence-corrected chi connectivity index (χ0v) is 12.1. The molecule has 0 heterocycles. The van der Waals surface area contributed by atoms with Crippen LogP contribution in [0.4, 0.5) is 5.69 Å². The Kier molecular flexibility index (Phi) is 4.27. The average Bonchev–Trinajstić information content (AvgIpc) is 2.83. The largest absolute Gasteiger partial charge is 0.478 e. The molecule has 3 nitrogen and oxygen atoms in total. The zero-order chi connectivity index (χ0) is 13.1. The van der Waals surface area contributed by atoms with E-state index in [1.807, 2.05) is 6.07 Å². The van der Waals surface area contributed by atoms with Crippen LogP contribution in [0.25, 0.3) is 0 Å². The van der Waals surface area contributed by atoms with Gasteiger partial charge in [-0.2, -0.15) is 0 Å². The first kappa shape index (κ1) is 13.4. The summed E-state index contributed by atoms with van der Waals surface area (Å²) in [5.41, 5.74) is 1.35. The van der Waals surface area contributed by atoms with Crippen LogP contribution in [0.15, 0.2) is 22.7 Å². The topological polar surface area (TPSA) is 40.5 Å². The number of benzene rings is 1. The number of hydrogen-bond acceptors (Lipinski definition) is 2. The normalized spacial score (nSPS) is 15.9. The van der Waals surface area contributed by atoms with Crippen molar-refractivity contribution in [3.63, 3.8) is 0 Å². The van der Waals surface area contributed by atoms with Gasteiger partial charge in [0, 0.05) is 22.7 Å².